The zero-order valence-corrected chi connectivity index (χ0v) is 13.5. The number of ether oxygens (including phenoxy) is 1. The average Bonchev–Trinajstić information content (AvgIpc) is 2.41. The van der Waals surface area contributed by atoms with E-state index < -0.39 is 0 Å². The molecule has 0 saturated carbocycles. The molecule has 0 N–H and O–H groups in total. The van der Waals surface area contributed by atoms with Gasteiger partial charge in [-0.2, -0.15) is 0 Å². The van der Waals surface area contributed by atoms with Gasteiger partial charge in [0, 0.05) is 11.0 Å². The molecule has 0 heterocycles. The molecule has 0 spiro atoms. The van der Waals surface area contributed by atoms with Gasteiger partial charge in [0.05, 0.1) is 13.0 Å². The van der Waals surface area contributed by atoms with E-state index >= 15 is 0 Å². The molecule has 0 atom stereocenters. The maximum absolute atomic E-state index is 12.2. The zero-order valence-electron chi connectivity index (χ0n) is 11.9. The molecule has 0 radical (unpaired) electrons. The van der Waals surface area contributed by atoms with E-state index in [1.54, 1.807) is 11.8 Å². The van der Waals surface area contributed by atoms with Crippen LogP contribution in [0.5, 0.6) is 0 Å². The number of esters is 1. The van der Waals surface area contributed by atoms with Crippen molar-refractivity contribution in [2.75, 3.05) is 19.7 Å². The molecule has 0 unspecified atom stereocenters. The molecule has 0 aliphatic rings. The normalized spacial score (nSPS) is 10.2. The highest BCUT2D eigenvalue weighted by Crippen LogP contribution is 2.12. The standard InChI is InChI=1S/C15H20BrNO3/c1-3-9-17(11-15(19)20-4-2)14(18)10-12-5-7-13(16)8-6-12/h5-8H,3-4,9-11H2,1-2H3. The lowest BCUT2D eigenvalue weighted by Gasteiger charge is -2.21. The number of carbonyl (C=O) groups excluding carboxylic acids is 2. The summed E-state index contributed by atoms with van der Waals surface area (Å²) in [5.41, 5.74) is 0.933. The van der Waals surface area contributed by atoms with Gasteiger partial charge in [-0.3, -0.25) is 9.59 Å². The molecule has 0 saturated heterocycles. The highest BCUT2D eigenvalue weighted by molar-refractivity contribution is 9.10. The molecule has 0 aliphatic carbocycles. The minimum atomic E-state index is -0.356. The Hall–Kier alpha value is -1.36. The third-order valence-corrected chi connectivity index (χ3v) is 3.27. The molecule has 0 aromatic heterocycles. The van der Waals surface area contributed by atoms with Crippen LogP contribution in [-0.4, -0.2) is 36.5 Å². The number of amides is 1. The van der Waals surface area contributed by atoms with Crippen molar-refractivity contribution in [3.8, 4) is 0 Å². The summed E-state index contributed by atoms with van der Waals surface area (Å²) < 4.78 is 5.87. The third kappa shape index (κ3) is 5.74. The van der Waals surface area contributed by atoms with Crippen LogP contribution in [0.15, 0.2) is 28.7 Å². The van der Waals surface area contributed by atoms with E-state index in [0.29, 0.717) is 19.6 Å². The van der Waals surface area contributed by atoms with Crippen molar-refractivity contribution in [2.24, 2.45) is 0 Å². The second-order valence-electron chi connectivity index (χ2n) is 4.42. The van der Waals surface area contributed by atoms with Gasteiger partial charge in [0.1, 0.15) is 6.54 Å². The van der Waals surface area contributed by atoms with E-state index in [9.17, 15) is 9.59 Å². The Morgan fingerprint density at radius 2 is 1.85 bits per heavy atom. The van der Waals surface area contributed by atoms with Crippen LogP contribution in [0.2, 0.25) is 0 Å². The minimum absolute atomic E-state index is 0.0248. The first kappa shape index (κ1) is 16.7. The Labute approximate surface area is 128 Å². The fourth-order valence-corrected chi connectivity index (χ4v) is 2.08. The summed E-state index contributed by atoms with van der Waals surface area (Å²) >= 11 is 3.36. The number of benzene rings is 1. The topological polar surface area (TPSA) is 46.6 Å². The lowest BCUT2D eigenvalue weighted by atomic mass is 10.1. The van der Waals surface area contributed by atoms with Crippen LogP contribution < -0.4 is 0 Å². The molecule has 110 valence electrons. The molecule has 1 rings (SSSR count). The van der Waals surface area contributed by atoms with Crippen molar-refractivity contribution < 1.29 is 14.3 Å². The Bertz CT molecular complexity index is 445. The second kappa shape index (κ2) is 8.74. The highest BCUT2D eigenvalue weighted by atomic mass is 79.9. The SMILES string of the molecule is CCCN(CC(=O)OCC)C(=O)Cc1ccc(Br)cc1. The lowest BCUT2D eigenvalue weighted by Crippen LogP contribution is -2.38. The summed E-state index contributed by atoms with van der Waals surface area (Å²) in [5.74, 6) is -0.410. The van der Waals surface area contributed by atoms with Gasteiger partial charge in [0.25, 0.3) is 0 Å². The van der Waals surface area contributed by atoms with Gasteiger partial charge in [-0.15, -0.1) is 0 Å². The van der Waals surface area contributed by atoms with Gasteiger partial charge < -0.3 is 9.64 Å². The predicted octanol–water partition coefficient (Wildman–Crippen LogP) is 2.79. The lowest BCUT2D eigenvalue weighted by molar-refractivity contribution is -0.148. The van der Waals surface area contributed by atoms with Gasteiger partial charge >= 0.3 is 5.97 Å². The van der Waals surface area contributed by atoms with Crippen LogP contribution in [-0.2, 0) is 20.7 Å². The Kier molecular flexibility index (Phi) is 7.30. The van der Waals surface area contributed by atoms with E-state index in [0.717, 1.165) is 16.5 Å². The number of rotatable bonds is 7. The van der Waals surface area contributed by atoms with Crippen LogP contribution in [0.1, 0.15) is 25.8 Å². The average molecular weight is 342 g/mol. The molecular formula is C15H20BrNO3. The van der Waals surface area contributed by atoms with E-state index in [4.69, 9.17) is 4.74 Å². The molecule has 5 heteroatoms. The third-order valence-electron chi connectivity index (χ3n) is 2.74. The number of halogens is 1. The molecule has 4 nitrogen and oxygen atoms in total. The summed E-state index contributed by atoms with van der Waals surface area (Å²) in [6, 6.07) is 7.60. The van der Waals surface area contributed by atoms with Crippen molar-refractivity contribution in [1.82, 2.24) is 4.90 Å². The van der Waals surface area contributed by atoms with Crippen LogP contribution in [0, 0.1) is 0 Å². The largest absolute Gasteiger partial charge is 0.465 e. The smallest absolute Gasteiger partial charge is 0.325 e. The first-order valence-electron chi connectivity index (χ1n) is 6.74. The summed E-state index contributed by atoms with van der Waals surface area (Å²) in [5, 5.41) is 0. The van der Waals surface area contributed by atoms with Gasteiger partial charge in [0.15, 0.2) is 0 Å². The Morgan fingerprint density at radius 1 is 1.20 bits per heavy atom. The predicted molar refractivity (Wildman–Crippen MR) is 81.4 cm³/mol. The zero-order chi connectivity index (χ0) is 15.0. The fraction of sp³-hybridized carbons (Fsp3) is 0.467. The van der Waals surface area contributed by atoms with Crippen LogP contribution in [0.3, 0.4) is 0 Å². The number of hydrogen-bond donors (Lipinski definition) is 0. The van der Waals surface area contributed by atoms with Crippen LogP contribution >= 0.6 is 15.9 Å². The molecule has 0 aliphatic heterocycles. The molecule has 0 bridgehead atoms. The summed E-state index contributed by atoms with van der Waals surface area (Å²) in [6.07, 6.45) is 1.11. The highest BCUT2D eigenvalue weighted by Gasteiger charge is 2.17. The van der Waals surface area contributed by atoms with Crippen LogP contribution in [0.25, 0.3) is 0 Å². The summed E-state index contributed by atoms with van der Waals surface area (Å²) in [4.78, 5) is 25.3. The van der Waals surface area contributed by atoms with Gasteiger partial charge in [-0.1, -0.05) is 35.0 Å². The summed E-state index contributed by atoms with van der Waals surface area (Å²) in [6.45, 7) is 4.65. The molecule has 1 aromatic carbocycles. The van der Waals surface area contributed by atoms with Crippen LogP contribution in [0.4, 0.5) is 0 Å². The molecule has 20 heavy (non-hydrogen) atoms. The van der Waals surface area contributed by atoms with Crippen molar-refractivity contribution >= 4 is 27.8 Å². The van der Waals surface area contributed by atoms with Crippen molar-refractivity contribution in [2.45, 2.75) is 26.7 Å². The monoisotopic (exact) mass is 341 g/mol. The molecule has 1 aromatic rings. The quantitative estimate of drug-likeness (QED) is 0.716. The van der Waals surface area contributed by atoms with E-state index in [1.165, 1.54) is 0 Å². The van der Waals surface area contributed by atoms with Crippen molar-refractivity contribution in [3.05, 3.63) is 34.3 Å². The maximum atomic E-state index is 12.2. The Balaban J connectivity index is 2.63. The Morgan fingerprint density at radius 3 is 2.40 bits per heavy atom. The second-order valence-corrected chi connectivity index (χ2v) is 5.34. The molecule has 0 fully saturated rings. The van der Waals surface area contributed by atoms with E-state index in [-0.39, 0.29) is 18.4 Å². The molecule has 1 amide bonds. The van der Waals surface area contributed by atoms with Gasteiger partial charge in [0.2, 0.25) is 5.91 Å². The summed E-state index contributed by atoms with van der Waals surface area (Å²) in [7, 11) is 0. The molecular weight excluding hydrogens is 322 g/mol. The number of nitrogens with zero attached hydrogens (tertiary/aromatic N) is 1. The number of carbonyl (C=O) groups is 2. The van der Waals surface area contributed by atoms with Crippen molar-refractivity contribution in [1.29, 1.82) is 0 Å². The first-order valence-corrected chi connectivity index (χ1v) is 7.54. The fourth-order valence-electron chi connectivity index (χ4n) is 1.81. The first-order chi connectivity index (χ1) is 9.56. The van der Waals surface area contributed by atoms with Gasteiger partial charge in [-0.05, 0) is 31.0 Å². The van der Waals surface area contributed by atoms with E-state index in [2.05, 4.69) is 15.9 Å². The minimum Gasteiger partial charge on any atom is -0.465 e. The van der Waals surface area contributed by atoms with E-state index in [1.807, 2.05) is 31.2 Å². The van der Waals surface area contributed by atoms with Gasteiger partial charge in [-0.25, -0.2) is 0 Å². The maximum Gasteiger partial charge on any atom is 0.325 e. The number of hydrogen-bond acceptors (Lipinski definition) is 3. The van der Waals surface area contributed by atoms with Crippen molar-refractivity contribution in [3.63, 3.8) is 0 Å².